The van der Waals surface area contributed by atoms with Crippen molar-refractivity contribution in [2.45, 2.75) is 82.4 Å². The topological polar surface area (TPSA) is 175 Å². The lowest BCUT2D eigenvalue weighted by atomic mass is 9.34. The number of hydrogen-bond donors (Lipinski definition) is 3. The maximum Gasteiger partial charge on any atom is 0.339 e. The number of aliphatic hydroxyl groups is 2. The minimum atomic E-state index is -2.10. The molecule has 272 valence electrons. The average Bonchev–Trinajstić information content (AvgIpc) is 3.42. The maximum absolute atomic E-state index is 13.7. The van der Waals surface area contributed by atoms with Crippen LogP contribution in [0, 0.1) is 46.3 Å². The van der Waals surface area contributed by atoms with Gasteiger partial charge in [-0.25, -0.2) is 4.79 Å². The van der Waals surface area contributed by atoms with Gasteiger partial charge in [0.1, 0.15) is 18.3 Å². The number of carbonyl (C=O) groups excluding carboxylic acids is 4. The SMILES string of the molecule is COc1cc(CC(=O)OC[C@]23C[C@@]4(O)C(=O)O[C@@]2(C)[C@@H]2[C@H]3[C@H]3[C@@H]5C(C)(C)[C@]5(OC(C)=O)[C@H](OC(=O)Cc5ccccc5)[C@@H](C)[C@]3(O)[C@H]24)ccc1O. The van der Waals surface area contributed by atoms with Crippen molar-refractivity contribution in [3.05, 3.63) is 59.7 Å². The molecule has 0 radical (unpaired) electrons. The van der Waals surface area contributed by atoms with Crippen molar-refractivity contribution in [2.75, 3.05) is 13.7 Å². The normalized spacial score (nSPS) is 42.7. The summed E-state index contributed by atoms with van der Waals surface area (Å²) in [5.41, 5.74) is -6.89. The average molecular weight is 705 g/mol. The van der Waals surface area contributed by atoms with E-state index in [1.165, 1.54) is 20.1 Å². The molecule has 3 N–H and O–H groups in total. The van der Waals surface area contributed by atoms with E-state index in [2.05, 4.69) is 0 Å². The van der Waals surface area contributed by atoms with E-state index in [0.29, 0.717) is 5.56 Å². The number of phenolic OH excluding ortho intramolecular Hbond substituents is 1. The van der Waals surface area contributed by atoms with Crippen LogP contribution in [0.1, 0.15) is 52.2 Å². The van der Waals surface area contributed by atoms with Crippen LogP contribution in [0.15, 0.2) is 48.5 Å². The molecule has 9 rings (SSSR count). The van der Waals surface area contributed by atoms with Gasteiger partial charge in [-0.15, -0.1) is 0 Å². The molecule has 12 atom stereocenters. The molecule has 2 saturated heterocycles. The minimum absolute atomic E-state index is 0.0401. The summed E-state index contributed by atoms with van der Waals surface area (Å²) in [6.07, 6.45) is -1.35. The number of phenols is 1. The van der Waals surface area contributed by atoms with Crippen LogP contribution in [0.5, 0.6) is 11.5 Å². The molecule has 0 amide bonds. The second-order valence-corrected chi connectivity index (χ2v) is 16.5. The monoisotopic (exact) mass is 704 g/mol. The number of esters is 4. The van der Waals surface area contributed by atoms with Gasteiger partial charge in [0.15, 0.2) is 22.7 Å². The number of benzene rings is 2. The Morgan fingerprint density at radius 1 is 0.922 bits per heavy atom. The van der Waals surface area contributed by atoms with E-state index in [1.54, 1.807) is 38.1 Å². The van der Waals surface area contributed by atoms with Gasteiger partial charge >= 0.3 is 23.9 Å². The Labute approximate surface area is 295 Å². The molecule has 2 heterocycles. The first-order valence-electron chi connectivity index (χ1n) is 17.6. The molecular formula is C39H44O12. The van der Waals surface area contributed by atoms with Crippen molar-refractivity contribution >= 4 is 23.9 Å². The lowest BCUT2D eigenvalue weighted by molar-refractivity contribution is -0.378. The van der Waals surface area contributed by atoms with Crippen LogP contribution in [0.3, 0.4) is 0 Å². The molecule has 5 saturated carbocycles. The Kier molecular flexibility index (Phi) is 6.97. The van der Waals surface area contributed by atoms with Gasteiger partial charge in [-0.3, -0.25) is 14.4 Å². The van der Waals surface area contributed by atoms with Gasteiger partial charge in [-0.05, 0) is 42.0 Å². The van der Waals surface area contributed by atoms with Crippen molar-refractivity contribution in [3.8, 4) is 11.5 Å². The first-order valence-corrected chi connectivity index (χ1v) is 17.6. The second kappa shape index (κ2) is 10.5. The smallest absolute Gasteiger partial charge is 0.339 e. The van der Waals surface area contributed by atoms with Gasteiger partial charge in [-0.2, -0.15) is 0 Å². The molecule has 0 aromatic heterocycles. The van der Waals surface area contributed by atoms with Gasteiger partial charge in [0.2, 0.25) is 0 Å². The lowest BCUT2D eigenvalue weighted by Gasteiger charge is -2.75. The number of methoxy groups -OCH3 is 1. The molecule has 2 aliphatic heterocycles. The van der Waals surface area contributed by atoms with E-state index in [9.17, 15) is 34.5 Å². The third-order valence-electron chi connectivity index (χ3n) is 14.2. The molecule has 7 aliphatic rings. The van der Waals surface area contributed by atoms with Crippen LogP contribution in [0.25, 0.3) is 0 Å². The maximum atomic E-state index is 13.7. The number of ether oxygens (including phenoxy) is 5. The minimum Gasteiger partial charge on any atom is -0.504 e. The molecule has 12 nitrogen and oxygen atoms in total. The standard InChI is InChI=1S/C39H44O12/c1-19-32(49-26(43)15-21-10-8-7-9-11-21)39(50-20(2)40)30(34(39,3)4)29-27-28-31(38(19,29)46)37(45)17-36(27,35(28,5)51-33(37)44)18-48-25(42)16-22-12-13-23(41)24(14-22)47-6/h7-14,19,27-32,41,45-46H,15-18H2,1-6H3/t19-,27+,28-,29+,30-,31-,32-,35+,36+,37+,38-,39-/m1/s1. The van der Waals surface area contributed by atoms with E-state index in [4.69, 9.17) is 23.7 Å². The zero-order valence-electron chi connectivity index (χ0n) is 29.5. The van der Waals surface area contributed by atoms with Gasteiger partial charge in [0.25, 0.3) is 0 Å². The molecule has 0 unspecified atom stereocenters. The largest absolute Gasteiger partial charge is 0.504 e. The van der Waals surface area contributed by atoms with Gasteiger partial charge in [0, 0.05) is 42.4 Å². The van der Waals surface area contributed by atoms with Gasteiger partial charge in [-0.1, -0.05) is 57.2 Å². The number of fused-ring (bicyclic) bond motifs is 5. The lowest BCUT2D eigenvalue weighted by Crippen LogP contribution is -2.85. The molecule has 4 bridgehead atoms. The Morgan fingerprint density at radius 3 is 2.27 bits per heavy atom. The zero-order chi connectivity index (χ0) is 36.7. The van der Waals surface area contributed by atoms with Crippen molar-refractivity contribution in [1.29, 1.82) is 0 Å². The highest BCUT2D eigenvalue weighted by atomic mass is 16.6. The van der Waals surface area contributed by atoms with Crippen LogP contribution >= 0.6 is 0 Å². The number of hydrogen-bond acceptors (Lipinski definition) is 12. The zero-order valence-corrected chi connectivity index (χ0v) is 29.5. The van der Waals surface area contributed by atoms with Crippen LogP contribution in [0.2, 0.25) is 0 Å². The fraction of sp³-hybridized carbons (Fsp3) is 0.590. The predicted octanol–water partition coefficient (Wildman–Crippen LogP) is 2.91. The third-order valence-corrected chi connectivity index (χ3v) is 14.2. The van der Waals surface area contributed by atoms with Crippen LogP contribution in [-0.2, 0) is 51.0 Å². The van der Waals surface area contributed by atoms with Crippen LogP contribution in [-0.4, -0.2) is 81.4 Å². The van der Waals surface area contributed by atoms with E-state index in [-0.39, 0.29) is 37.4 Å². The van der Waals surface area contributed by atoms with Crippen LogP contribution in [0.4, 0.5) is 0 Å². The summed E-state index contributed by atoms with van der Waals surface area (Å²) in [6.45, 7) is 8.50. The highest BCUT2D eigenvalue weighted by Crippen LogP contribution is 2.89. The molecule has 7 fully saturated rings. The number of aromatic hydroxyl groups is 1. The Balaban J connectivity index is 1.16. The Morgan fingerprint density at radius 2 is 1.61 bits per heavy atom. The molecule has 2 aromatic carbocycles. The highest BCUT2D eigenvalue weighted by Gasteiger charge is 2.99. The fourth-order valence-electron chi connectivity index (χ4n) is 12.2. The summed E-state index contributed by atoms with van der Waals surface area (Å²) >= 11 is 0. The summed E-state index contributed by atoms with van der Waals surface area (Å²) in [7, 11) is 1.41. The summed E-state index contributed by atoms with van der Waals surface area (Å²) < 4.78 is 29.6. The van der Waals surface area contributed by atoms with Gasteiger partial charge in [0.05, 0.1) is 31.0 Å². The van der Waals surface area contributed by atoms with E-state index in [1.807, 2.05) is 32.0 Å². The number of carbonyl (C=O) groups is 4. The molecule has 12 heteroatoms. The van der Waals surface area contributed by atoms with Crippen molar-refractivity contribution in [3.63, 3.8) is 0 Å². The molecule has 0 spiro atoms. The molecular weight excluding hydrogens is 660 g/mol. The fourth-order valence-corrected chi connectivity index (χ4v) is 12.2. The van der Waals surface area contributed by atoms with Crippen molar-refractivity contribution in [2.24, 2.45) is 46.3 Å². The van der Waals surface area contributed by atoms with E-state index < -0.39 is 98.7 Å². The first-order chi connectivity index (χ1) is 23.9. The summed E-state index contributed by atoms with van der Waals surface area (Å²) in [4.78, 5) is 53.4. The molecule has 2 aromatic rings. The van der Waals surface area contributed by atoms with Crippen LogP contribution < -0.4 is 4.74 Å². The van der Waals surface area contributed by atoms with E-state index in [0.717, 1.165) is 5.56 Å². The summed E-state index contributed by atoms with van der Waals surface area (Å²) in [6, 6.07) is 13.6. The second-order valence-electron chi connectivity index (χ2n) is 16.5. The predicted molar refractivity (Wildman–Crippen MR) is 176 cm³/mol. The molecule has 51 heavy (non-hydrogen) atoms. The molecule has 5 aliphatic carbocycles. The Bertz CT molecular complexity index is 1860. The quantitative estimate of drug-likeness (QED) is 0.258. The Hall–Kier alpha value is -4.16. The van der Waals surface area contributed by atoms with E-state index >= 15 is 0 Å². The van der Waals surface area contributed by atoms with Gasteiger partial charge < -0.3 is 39.0 Å². The first kappa shape index (κ1) is 34.0. The van der Waals surface area contributed by atoms with Crippen molar-refractivity contribution < 1.29 is 58.2 Å². The highest BCUT2D eigenvalue weighted by molar-refractivity contribution is 5.85. The van der Waals surface area contributed by atoms with Crippen molar-refractivity contribution in [1.82, 2.24) is 0 Å². The summed E-state index contributed by atoms with van der Waals surface area (Å²) in [5.74, 6) is -6.27. The third kappa shape index (κ3) is 3.98. The number of rotatable bonds is 9. The summed E-state index contributed by atoms with van der Waals surface area (Å²) in [5, 5.41) is 35.6.